The van der Waals surface area contributed by atoms with E-state index >= 15 is 0 Å². The summed E-state index contributed by atoms with van der Waals surface area (Å²) >= 11 is 1.14. The van der Waals surface area contributed by atoms with Gasteiger partial charge in [0.25, 0.3) is 10.0 Å². The molecule has 0 amide bonds. The molecule has 1 fully saturated rings. The molecule has 3 aromatic rings. The normalized spacial score (nSPS) is 16.8. The Bertz CT molecular complexity index is 1180. The first-order valence-corrected chi connectivity index (χ1v) is 11.7. The highest BCUT2D eigenvalue weighted by atomic mass is 32.2. The van der Waals surface area contributed by atoms with Crippen LogP contribution in [-0.2, 0) is 14.8 Å². The SMILES string of the molecule is N#Cc1ccc(-c2ccc(OC(=O)C3CCCN3S(=O)(=O)c3cccs3)cc2)cc1. The van der Waals surface area contributed by atoms with Crippen LogP contribution in [0.2, 0.25) is 0 Å². The quantitative estimate of drug-likeness (QED) is 0.443. The summed E-state index contributed by atoms with van der Waals surface area (Å²) < 4.78 is 32.6. The van der Waals surface area contributed by atoms with E-state index in [4.69, 9.17) is 10.00 Å². The summed E-state index contributed by atoms with van der Waals surface area (Å²) in [6.07, 6.45) is 1.05. The number of hydrogen-bond donors (Lipinski definition) is 0. The zero-order chi connectivity index (χ0) is 21.1. The topological polar surface area (TPSA) is 87.5 Å². The van der Waals surface area contributed by atoms with Crippen LogP contribution in [0.1, 0.15) is 18.4 Å². The Morgan fingerprint density at radius 1 is 1.07 bits per heavy atom. The summed E-state index contributed by atoms with van der Waals surface area (Å²) in [6.45, 7) is 0.303. The predicted molar refractivity (Wildman–Crippen MR) is 113 cm³/mol. The Morgan fingerprint density at radius 2 is 1.73 bits per heavy atom. The number of carbonyl (C=O) groups is 1. The van der Waals surface area contributed by atoms with E-state index in [-0.39, 0.29) is 4.21 Å². The number of carbonyl (C=O) groups excluding carboxylic acids is 1. The molecule has 0 spiro atoms. The maximum atomic E-state index is 12.8. The lowest BCUT2D eigenvalue weighted by atomic mass is 10.0. The summed E-state index contributed by atoms with van der Waals surface area (Å²) in [5.74, 6) is -0.212. The molecular weight excluding hydrogens is 420 g/mol. The molecule has 0 radical (unpaired) electrons. The molecule has 1 aliphatic heterocycles. The Morgan fingerprint density at radius 3 is 2.33 bits per heavy atom. The van der Waals surface area contributed by atoms with Gasteiger partial charge in [0.2, 0.25) is 0 Å². The van der Waals surface area contributed by atoms with Crippen LogP contribution in [0.3, 0.4) is 0 Å². The number of hydrogen-bond acceptors (Lipinski definition) is 6. The van der Waals surface area contributed by atoms with Gasteiger partial charge < -0.3 is 4.74 Å². The number of ether oxygens (including phenoxy) is 1. The van der Waals surface area contributed by atoms with Crippen molar-refractivity contribution in [1.82, 2.24) is 4.31 Å². The number of benzene rings is 2. The third-order valence-electron chi connectivity index (χ3n) is 4.95. The molecule has 1 atom stereocenters. The highest BCUT2D eigenvalue weighted by molar-refractivity contribution is 7.91. The van der Waals surface area contributed by atoms with E-state index in [1.165, 1.54) is 4.31 Å². The maximum Gasteiger partial charge on any atom is 0.329 e. The lowest BCUT2D eigenvalue weighted by Gasteiger charge is -2.21. The van der Waals surface area contributed by atoms with Crippen molar-refractivity contribution in [2.45, 2.75) is 23.1 Å². The van der Waals surface area contributed by atoms with Crippen LogP contribution in [0.25, 0.3) is 11.1 Å². The Hall–Kier alpha value is -2.99. The molecule has 6 nitrogen and oxygen atoms in total. The molecule has 1 saturated heterocycles. The third-order valence-corrected chi connectivity index (χ3v) is 8.24. The van der Waals surface area contributed by atoms with Crippen molar-refractivity contribution in [2.24, 2.45) is 0 Å². The van der Waals surface area contributed by atoms with Gasteiger partial charge in [0.15, 0.2) is 0 Å². The minimum absolute atomic E-state index is 0.231. The van der Waals surface area contributed by atoms with Crippen LogP contribution in [0.4, 0.5) is 0 Å². The maximum absolute atomic E-state index is 12.8. The standard InChI is InChI=1S/C22H18N2O4S2/c23-15-16-5-7-17(8-6-16)18-9-11-19(12-10-18)28-22(25)20-3-1-13-24(20)30(26,27)21-4-2-14-29-21/h2,4-12,14,20H,1,3,13H2. The molecule has 1 aliphatic rings. The monoisotopic (exact) mass is 438 g/mol. The Balaban J connectivity index is 1.47. The van der Waals surface area contributed by atoms with Gasteiger partial charge in [-0.1, -0.05) is 30.3 Å². The summed E-state index contributed by atoms with van der Waals surface area (Å²) in [5.41, 5.74) is 2.45. The first-order chi connectivity index (χ1) is 14.5. The van der Waals surface area contributed by atoms with Crippen molar-refractivity contribution < 1.29 is 17.9 Å². The van der Waals surface area contributed by atoms with Crippen molar-refractivity contribution >= 4 is 27.3 Å². The van der Waals surface area contributed by atoms with E-state index in [0.717, 1.165) is 22.5 Å². The predicted octanol–water partition coefficient (Wildman–Crippen LogP) is 4.05. The molecule has 0 N–H and O–H groups in total. The lowest BCUT2D eigenvalue weighted by molar-refractivity contribution is -0.137. The zero-order valence-electron chi connectivity index (χ0n) is 15.9. The van der Waals surface area contributed by atoms with Crippen LogP contribution in [0.15, 0.2) is 70.3 Å². The van der Waals surface area contributed by atoms with E-state index in [2.05, 4.69) is 6.07 Å². The first kappa shape index (κ1) is 20.3. The van der Waals surface area contributed by atoms with Gasteiger partial charge >= 0.3 is 5.97 Å². The Kier molecular flexibility index (Phi) is 5.68. The molecule has 0 saturated carbocycles. The second-order valence-electron chi connectivity index (χ2n) is 6.84. The summed E-state index contributed by atoms with van der Waals surface area (Å²) in [6, 6.07) is 18.7. The molecule has 1 unspecified atom stereocenters. The summed E-state index contributed by atoms with van der Waals surface area (Å²) in [5, 5.41) is 10.6. The number of nitrogens with zero attached hydrogens (tertiary/aromatic N) is 2. The smallest absolute Gasteiger partial charge is 0.329 e. The highest BCUT2D eigenvalue weighted by Crippen LogP contribution is 2.30. The van der Waals surface area contributed by atoms with Crippen LogP contribution in [0, 0.1) is 11.3 Å². The number of rotatable bonds is 5. The fourth-order valence-corrected chi connectivity index (χ4v) is 6.19. The van der Waals surface area contributed by atoms with E-state index < -0.39 is 22.0 Å². The van der Waals surface area contributed by atoms with Gasteiger partial charge in [-0.15, -0.1) is 11.3 Å². The number of esters is 1. The van der Waals surface area contributed by atoms with Crippen molar-refractivity contribution in [1.29, 1.82) is 5.26 Å². The summed E-state index contributed by atoms with van der Waals surface area (Å²) in [4.78, 5) is 12.7. The average molecular weight is 439 g/mol. The molecule has 2 heterocycles. The fraction of sp³-hybridized carbons (Fsp3) is 0.182. The van der Waals surface area contributed by atoms with E-state index in [1.807, 2.05) is 24.3 Å². The van der Waals surface area contributed by atoms with Gasteiger partial charge in [0, 0.05) is 6.54 Å². The second kappa shape index (κ2) is 8.40. The molecule has 2 aromatic carbocycles. The van der Waals surface area contributed by atoms with E-state index in [1.54, 1.807) is 41.8 Å². The van der Waals surface area contributed by atoms with Crippen molar-refractivity contribution in [3.63, 3.8) is 0 Å². The number of sulfonamides is 1. The molecule has 4 rings (SSSR count). The second-order valence-corrected chi connectivity index (χ2v) is 9.91. The van der Waals surface area contributed by atoms with Crippen LogP contribution in [0.5, 0.6) is 5.75 Å². The minimum atomic E-state index is -3.70. The largest absolute Gasteiger partial charge is 0.425 e. The van der Waals surface area contributed by atoms with Crippen LogP contribution in [-0.4, -0.2) is 31.3 Å². The molecule has 0 aliphatic carbocycles. The zero-order valence-corrected chi connectivity index (χ0v) is 17.5. The molecule has 8 heteroatoms. The van der Waals surface area contributed by atoms with Gasteiger partial charge in [0.1, 0.15) is 16.0 Å². The molecule has 30 heavy (non-hydrogen) atoms. The average Bonchev–Trinajstić information content (AvgIpc) is 3.47. The third kappa shape index (κ3) is 4.00. The minimum Gasteiger partial charge on any atom is -0.425 e. The molecule has 152 valence electrons. The van der Waals surface area contributed by atoms with Crippen molar-refractivity contribution in [2.75, 3.05) is 6.54 Å². The van der Waals surface area contributed by atoms with Crippen LogP contribution < -0.4 is 4.74 Å². The van der Waals surface area contributed by atoms with Gasteiger partial charge in [-0.2, -0.15) is 9.57 Å². The van der Waals surface area contributed by atoms with Gasteiger partial charge in [-0.25, -0.2) is 13.2 Å². The van der Waals surface area contributed by atoms with Gasteiger partial charge in [-0.3, -0.25) is 0 Å². The first-order valence-electron chi connectivity index (χ1n) is 9.37. The van der Waals surface area contributed by atoms with Gasteiger partial charge in [-0.05, 0) is 59.7 Å². The molecule has 1 aromatic heterocycles. The fourth-order valence-electron chi connectivity index (χ4n) is 3.43. The summed E-state index contributed by atoms with van der Waals surface area (Å²) in [7, 11) is -3.70. The van der Waals surface area contributed by atoms with Gasteiger partial charge in [0.05, 0.1) is 11.6 Å². The molecular formula is C22H18N2O4S2. The van der Waals surface area contributed by atoms with Crippen LogP contribution >= 0.6 is 11.3 Å². The van der Waals surface area contributed by atoms with Crippen molar-refractivity contribution in [3.05, 3.63) is 71.6 Å². The van der Waals surface area contributed by atoms with E-state index in [0.29, 0.717) is 30.7 Å². The van der Waals surface area contributed by atoms with Crippen molar-refractivity contribution in [3.8, 4) is 22.9 Å². The number of thiophene rings is 1. The van der Waals surface area contributed by atoms with E-state index in [9.17, 15) is 13.2 Å². The Labute approximate surface area is 179 Å². The lowest BCUT2D eigenvalue weighted by Crippen LogP contribution is -2.42. The molecule has 0 bridgehead atoms. The number of nitriles is 1. The highest BCUT2D eigenvalue weighted by Gasteiger charge is 2.41.